The number of hydrogen-bond donors (Lipinski definition) is 0. The van der Waals surface area contributed by atoms with Gasteiger partial charge in [0.05, 0.1) is 24.1 Å². The zero-order valence-corrected chi connectivity index (χ0v) is 18.2. The second kappa shape index (κ2) is 7.83. The van der Waals surface area contributed by atoms with E-state index in [1.807, 2.05) is 30.0 Å². The van der Waals surface area contributed by atoms with Gasteiger partial charge in [0.25, 0.3) is 5.91 Å². The highest BCUT2D eigenvalue weighted by Gasteiger charge is 2.40. The number of aryl methyl sites for hydroxylation is 1. The van der Waals surface area contributed by atoms with Gasteiger partial charge in [-0.05, 0) is 30.0 Å². The fourth-order valence-corrected chi connectivity index (χ4v) is 4.48. The Kier molecular flexibility index (Phi) is 5.07. The summed E-state index contributed by atoms with van der Waals surface area (Å²) in [4.78, 5) is 26.9. The number of hydrogen-bond acceptors (Lipinski definition) is 4. The van der Waals surface area contributed by atoms with Crippen LogP contribution in [0.5, 0.6) is 0 Å². The van der Waals surface area contributed by atoms with Crippen molar-refractivity contribution >= 4 is 22.8 Å². The van der Waals surface area contributed by atoms with E-state index < -0.39 is 11.9 Å². The van der Waals surface area contributed by atoms with E-state index in [1.54, 1.807) is 16.8 Å². The molecule has 6 nitrogen and oxygen atoms in total. The summed E-state index contributed by atoms with van der Waals surface area (Å²) in [6.45, 7) is 5.59. The van der Waals surface area contributed by atoms with Crippen molar-refractivity contribution in [1.82, 2.24) is 19.3 Å². The Morgan fingerprint density at radius 1 is 1.21 bits per heavy atom. The maximum Gasteiger partial charge on any atom is 0.433 e. The van der Waals surface area contributed by atoms with Crippen LogP contribution in [0.1, 0.15) is 39.8 Å². The van der Waals surface area contributed by atoms with Crippen molar-refractivity contribution in [2.24, 2.45) is 10.9 Å². The van der Waals surface area contributed by atoms with Crippen molar-refractivity contribution in [3.8, 4) is 0 Å². The summed E-state index contributed by atoms with van der Waals surface area (Å²) in [7, 11) is 0. The molecule has 5 rings (SSSR count). The maximum atomic E-state index is 13.4. The molecule has 33 heavy (non-hydrogen) atoms. The number of likely N-dealkylation sites (tertiary alicyclic amines) is 1. The minimum atomic E-state index is -4.52. The van der Waals surface area contributed by atoms with E-state index in [-0.39, 0.29) is 18.0 Å². The number of imidazole rings is 1. The molecule has 2 aromatic heterocycles. The second-order valence-electron chi connectivity index (χ2n) is 8.66. The van der Waals surface area contributed by atoms with Crippen molar-refractivity contribution in [2.45, 2.75) is 26.4 Å². The molecule has 1 aromatic carbocycles. The molecule has 0 atom stereocenters. The van der Waals surface area contributed by atoms with Crippen LogP contribution >= 0.6 is 0 Å². The Labute approximate surface area is 188 Å². The molecule has 3 aromatic rings. The van der Waals surface area contributed by atoms with Crippen LogP contribution in [0.2, 0.25) is 0 Å². The van der Waals surface area contributed by atoms with E-state index in [0.717, 1.165) is 24.2 Å². The molecule has 0 aliphatic carbocycles. The molecule has 0 N–H and O–H groups in total. The van der Waals surface area contributed by atoms with E-state index in [1.165, 1.54) is 12.3 Å². The van der Waals surface area contributed by atoms with Gasteiger partial charge in [-0.1, -0.05) is 25.1 Å². The minimum absolute atomic E-state index is 0.00393. The topological polar surface area (TPSA) is 62.9 Å². The first-order valence-corrected chi connectivity index (χ1v) is 10.7. The van der Waals surface area contributed by atoms with Crippen molar-refractivity contribution in [3.63, 3.8) is 0 Å². The summed E-state index contributed by atoms with van der Waals surface area (Å²) in [5, 5.41) is 0. The third kappa shape index (κ3) is 3.81. The van der Waals surface area contributed by atoms with Crippen LogP contribution in [0.15, 0.2) is 47.9 Å². The largest absolute Gasteiger partial charge is 0.433 e. The lowest BCUT2D eigenvalue weighted by atomic mass is 9.97. The predicted octanol–water partition coefficient (Wildman–Crippen LogP) is 4.12. The zero-order chi connectivity index (χ0) is 23.3. The summed E-state index contributed by atoms with van der Waals surface area (Å²) >= 11 is 0. The third-order valence-corrected chi connectivity index (χ3v) is 6.09. The van der Waals surface area contributed by atoms with Gasteiger partial charge in [0, 0.05) is 43.0 Å². The zero-order valence-electron chi connectivity index (χ0n) is 18.2. The highest BCUT2D eigenvalue weighted by molar-refractivity contribution is 6.27. The van der Waals surface area contributed by atoms with Crippen molar-refractivity contribution < 1.29 is 18.0 Å². The van der Waals surface area contributed by atoms with Crippen molar-refractivity contribution in [1.29, 1.82) is 0 Å². The van der Waals surface area contributed by atoms with Gasteiger partial charge in [0.2, 0.25) is 0 Å². The summed E-state index contributed by atoms with van der Waals surface area (Å²) in [6.07, 6.45) is 1.98. The van der Waals surface area contributed by atoms with Crippen LogP contribution < -0.4 is 0 Å². The number of allylic oxidation sites excluding steroid dienone is 1. The first-order valence-electron chi connectivity index (χ1n) is 10.7. The fourth-order valence-electron chi connectivity index (χ4n) is 4.48. The molecule has 0 radical (unpaired) electrons. The number of carbonyl (C=O) groups excluding carboxylic acids is 1. The molecule has 2 aliphatic rings. The normalized spacial score (nSPS) is 16.7. The molecule has 0 saturated carbocycles. The first-order chi connectivity index (χ1) is 15.7. The van der Waals surface area contributed by atoms with Crippen LogP contribution in [0.4, 0.5) is 13.2 Å². The standard InChI is InChI=1S/C24H22F3N5O/c1-14-12-31(13-14)23(33)17-4-3-16(9-15(17)2)10-19-22-30-11-20(32(22)8-7-28-19)18-5-6-29-21(18)24(25,26)27/h3-5,7-9,11,14H,6,10,12-13H2,1-2H3. The minimum Gasteiger partial charge on any atom is -0.338 e. The number of halogens is 3. The number of alkyl halides is 3. The van der Waals surface area contributed by atoms with E-state index in [9.17, 15) is 18.0 Å². The van der Waals surface area contributed by atoms with Crippen LogP contribution in [-0.4, -0.2) is 56.7 Å². The molecule has 0 unspecified atom stereocenters. The summed E-state index contributed by atoms with van der Waals surface area (Å²) < 4.78 is 41.7. The number of fused-ring (bicyclic) bond motifs is 1. The lowest BCUT2D eigenvalue weighted by Crippen LogP contribution is -2.48. The van der Waals surface area contributed by atoms with Crippen LogP contribution in [0.25, 0.3) is 11.2 Å². The Morgan fingerprint density at radius 2 is 2.00 bits per heavy atom. The van der Waals surface area contributed by atoms with Crippen molar-refractivity contribution in [2.75, 3.05) is 19.6 Å². The monoisotopic (exact) mass is 453 g/mol. The van der Waals surface area contributed by atoms with E-state index in [2.05, 4.69) is 21.9 Å². The van der Waals surface area contributed by atoms with Gasteiger partial charge < -0.3 is 4.90 Å². The van der Waals surface area contributed by atoms with Crippen LogP contribution in [0.3, 0.4) is 0 Å². The van der Waals surface area contributed by atoms with Gasteiger partial charge in [-0.3, -0.25) is 19.2 Å². The van der Waals surface area contributed by atoms with Gasteiger partial charge in [-0.2, -0.15) is 13.2 Å². The maximum absolute atomic E-state index is 13.4. The summed E-state index contributed by atoms with van der Waals surface area (Å²) in [5.74, 6) is 0.584. The molecule has 0 bridgehead atoms. The van der Waals surface area contributed by atoms with E-state index in [0.29, 0.717) is 34.9 Å². The number of aliphatic imine (C=N–C) groups is 1. The second-order valence-corrected chi connectivity index (χ2v) is 8.66. The SMILES string of the molecule is Cc1cc(Cc2nccn3c(C4=CCN=C4C(F)(F)F)cnc23)ccc1C(=O)N1CC(C)C1. The Morgan fingerprint density at radius 3 is 2.70 bits per heavy atom. The third-order valence-electron chi connectivity index (χ3n) is 6.09. The fraction of sp³-hybridized carbons (Fsp3) is 0.333. The van der Waals surface area contributed by atoms with Crippen LogP contribution in [0, 0.1) is 12.8 Å². The Hall–Kier alpha value is -3.49. The van der Waals surface area contributed by atoms with Crippen LogP contribution in [-0.2, 0) is 6.42 Å². The Balaban J connectivity index is 1.42. The van der Waals surface area contributed by atoms with Gasteiger partial charge in [-0.25, -0.2) is 4.98 Å². The smallest absolute Gasteiger partial charge is 0.338 e. The number of amides is 1. The number of aromatic nitrogens is 3. The first kappa shape index (κ1) is 21.4. The predicted molar refractivity (Wildman–Crippen MR) is 118 cm³/mol. The van der Waals surface area contributed by atoms with Gasteiger partial charge in [0.1, 0.15) is 5.71 Å². The summed E-state index contributed by atoms with van der Waals surface area (Å²) in [6, 6.07) is 5.69. The molecule has 1 saturated heterocycles. The van der Waals surface area contributed by atoms with Gasteiger partial charge >= 0.3 is 6.18 Å². The number of rotatable bonds is 4. The molecule has 0 spiro atoms. The molecule has 170 valence electrons. The lowest BCUT2D eigenvalue weighted by Gasteiger charge is -2.37. The molecular weight excluding hydrogens is 431 g/mol. The molecular formula is C24H22F3N5O. The quantitative estimate of drug-likeness (QED) is 0.597. The average molecular weight is 453 g/mol. The molecule has 9 heteroatoms. The highest BCUT2D eigenvalue weighted by atomic mass is 19.4. The number of carbonyl (C=O) groups is 1. The lowest BCUT2D eigenvalue weighted by molar-refractivity contribution is -0.0571. The molecule has 1 fully saturated rings. The average Bonchev–Trinajstić information content (AvgIpc) is 3.38. The number of benzene rings is 1. The Bertz CT molecular complexity index is 1320. The van der Waals surface area contributed by atoms with E-state index in [4.69, 9.17) is 0 Å². The van der Waals surface area contributed by atoms with E-state index >= 15 is 0 Å². The molecule has 2 aliphatic heterocycles. The molecule has 4 heterocycles. The highest BCUT2D eigenvalue weighted by Crippen LogP contribution is 2.32. The van der Waals surface area contributed by atoms with Gasteiger partial charge in [0.15, 0.2) is 5.65 Å². The van der Waals surface area contributed by atoms with Gasteiger partial charge in [-0.15, -0.1) is 0 Å². The number of nitrogens with zero attached hydrogens (tertiary/aromatic N) is 5. The van der Waals surface area contributed by atoms with Crippen molar-refractivity contribution in [3.05, 3.63) is 70.9 Å². The molecule has 1 amide bonds. The summed E-state index contributed by atoms with van der Waals surface area (Å²) in [5.41, 5.74) is 3.15.